The van der Waals surface area contributed by atoms with Crippen molar-refractivity contribution in [2.24, 2.45) is 4.99 Å². The molecule has 168 valence electrons. The van der Waals surface area contributed by atoms with E-state index in [1.54, 1.807) is 0 Å². The first kappa shape index (κ1) is 26.3. The Hall–Kier alpha value is -1.72. The maximum atomic E-state index is 5.90. The monoisotopic (exact) mass is 531 g/mol. The van der Waals surface area contributed by atoms with Gasteiger partial charge in [-0.15, -0.1) is 24.0 Å². The van der Waals surface area contributed by atoms with Crippen molar-refractivity contribution in [3.63, 3.8) is 0 Å². The summed E-state index contributed by atoms with van der Waals surface area (Å²) in [5.74, 6) is 1.71. The lowest BCUT2D eigenvalue weighted by Crippen LogP contribution is -2.38. The standard InChI is InChI=1S/C21H33N5O3.HI/c1-5-22-21(24-15-19-25-20(26-29-19)17(4)27-6-2)23-13-10-14-28-16(3)18-11-8-7-9-12-18;/h7-9,11-12,16-17H,5-6,10,13-15H2,1-4H3,(H2,22,23,24);1H. The number of hydrogen-bond donors (Lipinski definition) is 2. The number of halogens is 1. The van der Waals surface area contributed by atoms with Gasteiger partial charge in [-0.05, 0) is 39.7 Å². The van der Waals surface area contributed by atoms with Gasteiger partial charge in [0.25, 0.3) is 0 Å². The fourth-order valence-electron chi connectivity index (χ4n) is 2.67. The van der Waals surface area contributed by atoms with E-state index in [9.17, 15) is 0 Å². The quantitative estimate of drug-likeness (QED) is 0.185. The number of guanidine groups is 1. The van der Waals surface area contributed by atoms with Crippen LogP contribution in [0.4, 0.5) is 0 Å². The molecule has 1 aromatic heterocycles. The van der Waals surface area contributed by atoms with Gasteiger partial charge in [-0.25, -0.2) is 4.99 Å². The van der Waals surface area contributed by atoms with Crippen LogP contribution in [0, 0.1) is 0 Å². The highest BCUT2D eigenvalue weighted by molar-refractivity contribution is 14.0. The second-order valence-electron chi connectivity index (χ2n) is 6.54. The lowest BCUT2D eigenvalue weighted by atomic mass is 10.1. The first-order valence-electron chi connectivity index (χ1n) is 10.3. The van der Waals surface area contributed by atoms with Gasteiger partial charge in [0.1, 0.15) is 12.6 Å². The lowest BCUT2D eigenvalue weighted by molar-refractivity contribution is 0.0646. The predicted octanol–water partition coefficient (Wildman–Crippen LogP) is 4.01. The fourth-order valence-corrected chi connectivity index (χ4v) is 2.67. The minimum Gasteiger partial charge on any atom is -0.374 e. The molecule has 0 aliphatic heterocycles. The molecule has 2 rings (SSSR count). The van der Waals surface area contributed by atoms with Gasteiger partial charge < -0.3 is 24.6 Å². The third-order valence-electron chi connectivity index (χ3n) is 4.23. The zero-order valence-corrected chi connectivity index (χ0v) is 20.6. The second kappa shape index (κ2) is 15.1. The van der Waals surface area contributed by atoms with Crippen molar-refractivity contribution < 1.29 is 14.0 Å². The maximum Gasteiger partial charge on any atom is 0.248 e. The highest BCUT2D eigenvalue weighted by atomic mass is 127. The Labute approximate surface area is 196 Å². The molecule has 0 spiro atoms. The molecular formula is C21H34IN5O3. The van der Waals surface area contributed by atoms with Crippen molar-refractivity contribution >= 4 is 29.9 Å². The summed E-state index contributed by atoms with van der Waals surface area (Å²) in [7, 11) is 0. The highest BCUT2D eigenvalue weighted by Gasteiger charge is 2.13. The molecule has 2 atom stereocenters. The summed E-state index contributed by atoms with van der Waals surface area (Å²) in [5, 5.41) is 10.5. The molecule has 0 aliphatic rings. The number of benzene rings is 1. The Bertz CT molecular complexity index is 726. The number of nitrogens with zero attached hydrogens (tertiary/aromatic N) is 3. The summed E-state index contributed by atoms with van der Waals surface area (Å²) < 4.78 is 16.6. The molecule has 2 N–H and O–H groups in total. The summed E-state index contributed by atoms with van der Waals surface area (Å²) in [6.07, 6.45) is 0.771. The van der Waals surface area contributed by atoms with Crippen LogP contribution in [0.1, 0.15) is 63.6 Å². The van der Waals surface area contributed by atoms with E-state index in [0.717, 1.165) is 19.5 Å². The first-order chi connectivity index (χ1) is 14.1. The highest BCUT2D eigenvalue weighted by Crippen LogP contribution is 2.15. The van der Waals surface area contributed by atoms with Gasteiger partial charge >= 0.3 is 0 Å². The number of nitrogens with one attached hydrogen (secondary N) is 2. The SMILES string of the molecule is CCNC(=NCc1nc(C(C)OCC)no1)NCCCOC(C)c1ccccc1.I. The Balaban J connectivity index is 0.00000450. The van der Waals surface area contributed by atoms with Crippen molar-refractivity contribution in [1.29, 1.82) is 0 Å². The van der Waals surface area contributed by atoms with Gasteiger partial charge in [-0.1, -0.05) is 35.5 Å². The van der Waals surface area contributed by atoms with Gasteiger partial charge in [0.15, 0.2) is 11.8 Å². The maximum absolute atomic E-state index is 5.90. The van der Waals surface area contributed by atoms with Crippen LogP contribution in [0.25, 0.3) is 0 Å². The zero-order valence-electron chi connectivity index (χ0n) is 18.3. The Morgan fingerprint density at radius 3 is 2.57 bits per heavy atom. The molecule has 2 unspecified atom stereocenters. The van der Waals surface area contributed by atoms with E-state index in [1.165, 1.54) is 5.56 Å². The van der Waals surface area contributed by atoms with Crippen LogP contribution in [-0.4, -0.2) is 42.4 Å². The molecule has 1 heterocycles. The van der Waals surface area contributed by atoms with E-state index in [4.69, 9.17) is 14.0 Å². The van der Waals surface area contributed by atoms with Crippen LogP contribution in [0.15, 0.2) is 39.8 Å². The van der Waals surface area contributed by atoms with Crippen LogP contribution in [0.2, 0.25) is 0 Å². The van der Waals surface area contributed by atoms with E-state index in [1.807, 2.05) is 39.0 Å². The molecule has 0 radical (unpaired) electrons. The molecule has 2 aromatic rings. The molecule has 9 heteroatoms. The number of hydrogen-bond acceptors (Lipinski definition) is 6. The second-order valence-corrected chi connectivity index (χ2v) is 6.54. The molecule has 0 saturated carbocycles. The largest absolute Gasteiger partial charge is 0.374 e. The van der Waals surface area contributed by atoms with Gasteiger partial charge in [0, 0.05) is 26.3 Å². The third-order valence-corrected chi connectivity index (χ3v) is 4.23. The van der Waals surface area contributed by atoms with E-state index < -0.39 is 0 Å². The first-order valence-corrected chi connectivity index (χ1v) is 10.3. The number of aromatic nitrogens is 2. The van der Waals surface area contributed by atoms with E-state index in [-0.39, 0.29) is 36.2 Å². The zero-order chi connectivity index (χ0) is 20.9. The van der Waals surface area contributed by atoms with Crippen LogP contribution in [-0.2, 0) is 16.0 Å². The van der Waals surface area contributed by atoms with E-state index >= 15 is 0 Å². The van der Waals surface area contributed by atoms with E-state index in [2.05, 4.69) is 44.8 Å². The van der Waals surface area contributed by atoms with Crippen molar-refractivity contribution in [3.8, 4) is 0 Å². The molecule has 0 aliphatic carbocycles. The predicted molar refractivity (Wildman–Crippen MR) is 128 cm³/mol. The molecule has 30 heavy (non-hydrogen) atoms. The number of ether oxygens (including phenoxy) is 2. The van der Waals surface area contributed by atoms with E-state index in [0.29, 0.717) is 37.4 Å². The summed E-state index contributed by atoms with van der Waals surface area (Å²) in [5.41, 5.74) is 1.19. The smallest absolute Gasteiger partial charge is 0.248 e. The lowest BCUT2D eigenvalue weighted by Gasteiger charge is -2.14. The van der Waals surface area contributed by atoms with Crippen LogP contribution in [0.5, 0.6) is 0 Å². The topological polar surface area (TPSA) is 93.8 Å². The molecular weight excluding hydrogens is 497 g/mol. The Kier molecular flexibility index (Phi) is 13.3. The summed E-state index contributed by atoms with van der Waals surface area (Å²) in [6.45, 7) is 11.0. The van der Waals surface area contributed by atoms with Crippen molar-refractivity contribution in [1.82, 2.24) is 20.8 Å². The molecule has 0 fully saturated rings. The van der Waals surface area contributed by atoms with Crippen LogP contribution >= 0.6 is 24.0 Å². The molecule has 8 nitrogen and oxygen atoms in total. The van der Waals surface area contributed by atoms with Crippen molar-refractivity contribution in [3.05, 3.63) is 47.6 Å². The third kappa shape index (κ3) is 9.40. The van der Waals surface area contributed by atoms with Gasteiger partial charge in [0.2, 0.25) is 5.89 Å². The Morgan fingerprint density at radius 2 is 1.87 bits per heavy atom. The Morgan fingerprint density at radius 1 is 1.10 bits per heavy atom. The van der Waals surface area contributed by atoms with Gasteiger partial charge in [-0.2, -0.15) is 4.98 Å². The molecule has 0 saturated heterocycles. The van der Waals surface area contributed by atoms with Crippen molar-refractivity contribution in [2.75, 3.05) is 26.3 Å². The average Bonchev–Trinajstić information content (AvgIpc) is 3.21. The minimum absolute atomic E-state index is 0. The van der Waals surface area contributed by atoms with Crippen molar-refractivity contribution in [2.45, 2.75) is 52.9 Å². The average molecular weight is 531 g/mol. The normalized spacial score (nSPS) is 13.4. The number of rotatable bonds is 12. The molecule has 0 bridgehead atoms. The van der Waals surface area contributed by atoms with Gasteiger partial charge in [0.05, 0.1) is 6.10 Å². The minimum atomic E-state index is -0.189. The van der Waals surface area contributed by atoms with Crippen LogP contribution in [0.3, 0.4) is 0 Å². The summed E-state index contributed by atoms with van der Waals surface area (Å²) >= 11 is 0. The fraction of sp³-hybridized carbons (Fsp3) is 0.571. The molecule has 0 amide bonds. The summed E-state index contributed by atoms with van der Waals surface area (Å²) in [4.78, 5) is 8.83. The number of aliphatic imine (C=N–C) groups is 1. The van der Waals surface area contributed by atoms with Gasteiger partial charge in [-0.3, -0.25) is 0 Å². The van der Waals surface area contributed by atoms with Crippen LogP contribution < -0.4 is 10.6 Å². The summed E-state index contributed by atoms with van der Waals surface area (Å²) in [6, 6.07) is 10.2. The molecule has 1 aromatic carbocycles.